The van der Waals surface area contributed by atoms with Crippen LogP contribution in [0.5, 0.6) is 0 Å². The van der Waals surface area contributed by atoms with Gasteiger partial charge in [-0.15, -0.1) is 0 Å². The maximum Gasteiger partial charge on any atom is 0.137 e. The van der Waals surface area contributed by atoms with Gasteiger partial charge in [-0.05, 0) is 92.6 Å². The number of furan rings is 1. The molecule has 0 aliphatic rings. The van der Waals surface area contributed by atoms with Gasteiger partial charge in [0.25, 0.3) is 0 Å². The number of nitrogens with zero attached hydrogens (tertiary/aromatic N) is 1. The molecular formula is C46H31NO. The SMILES string of the molecule is [2H]c1c([2H])c([2H])c(-c2c([2H])c([2H])c([2H])c3c([2H])c([2H])c(-c4c([2H])c([2H])c(N(c5ccc(-c6ccccc6)cc5)c5cccc6oc7ccccc7c56)c([2H])c4[2H])c([2H])c23)c([2H])c1[2H]. The maximum atomic E-state index is 9.60. The lowest BCUT2D eigenvalue weighted by Gasteiger charge is -2.26. The Morgan fingerprint density at radius 3 is 2.00 bits per heavy atom. The number of para-hydroxylation sites is 1. The highest BCUT2D eigenvalue weighted by Crippen LogP contribution is 2.43. The van der Waals surface area contributed by atoms with Crippen LogP contribution in [-0.4, -0.2) is 0 Å². The Morgan fingerprint density at radius 1 is 0.438 bits per heavy atom. The van der Waals surface area contributed by atoms with Crippen LogP contribution >= 0.6 is 0 Å². The van der Waals surface area contributed by atoms with E-state index in [0.29, 0.717) is 27.9 Å². The Balaban J connectivity index is 1.35. The Kier molecular flexibility index (Phi) is 4.03. The van der Waals surface area contributed by atoms with Crippen molar-refractivity contribution in [2.45, 2.75) is 0 Å². The van der Waals surface area contributed by atoms with Crippen molar-refractivity contribution in [3.8, 4) is 33.4 Å². The van der Waals surface area contributed by atoms with Crippen molar-refractivity contribution >= 4 is 49.8 Å². The average Bonchev–Trinajstić information content (AvgIpc) is 3.68. The molecule has 0 spiro atoms. The second-order valence-electron chi connectivity index (χ2n) is 11.0. The zero-order valence-electron chi connectivity index (χ0n) is 40.1. The third kappa shape index (κ3) is 4.92. The number of hydrogen-bond donors (Lipinski definition) is 0. The van der Waals surface area contributed by atoms with Crippen molar-refractivity contribution in [3.63, 3.8) is 0 Å². The molecule has 0 N–H and O–H groups in total. The van der Waals surface area contributed by atoms with E-state index in [1.54, 1.807) is 35.2 Å². The van der Waals surface area contributed by atoms with E-state index < -0.39 is 124 Å². The molecule has 2 nitrogen and oxygen atoms in total. The van der Waals surface area contributed by atoms with Gasteiger partial charge in [0.1, 0.15) is 11.2 Å². The summed E-state index contributed by atoms with van der Waals surface area (Å²) in [4.78, 5) is 1.59. The number of fused-ring (bicyclic) bond motifs is 4. The summed E-state index contributed by atoms with van der Waals surface area (Å²) >= 11 is 0. The molecule has 0 atom stereocenters. The summed E-state index contributed by atoms with van der Waals surface area (Å²) in [7, 11) is 0. The van der Waals surface area contributed by atoms with Gasteiger partial charge in [-0.2, -0.15) is 0 Å². The molecule has 1 heterocycles. The Hall–Kier alpha value is -6.38. The van der Waals surface area contributed by atoms with Crippen LogP contribution in [0.25, 0.3) is 66.1 Å². The van der Waals surface area contributed by atoms with Crippen molar-refractivity contribution in [2.75, 3.05) is 4.90 Å². The summed E-state index contributed by atoms with van der Waals surface area (Å²) in [6.45, 7) is 0. The van der Waals surface area contributed by atoms with Crippen LogP contribution < -0.4 is 4.90 Å². The Bertz CT molecular complexity index is 3350. The molecule has 0 bridgehead atoms. The van der Waals surface area contributed by atoms with E-state index in [4.69, 9.17) is 18.1 Å². The third-order valence-electron chi connectivity index (χ3n) is 8.13. The van der Waals surface area contributed by atoms with E-state index in [1.165, 1.54) is 0 Å². The zero-order valence-corrected chi connectivity index (χ0v) is 25.1. The van der Waals surface area contributed by atoms with Gasteiger partial charge < -0.3 is 9.32 Å². The second-order valence-corrected chi connectivity index (χ2v) is 11.0. The van der Waals surface area contributed by atoms with E-state index >= 15 is 0 Å². The minimum absolute atomic E-state index is 0.190. The number of anilines is 3. The fraction of sp³-hybridized carbons (Fsp3) is 0. The van der Waals surface area contributed by atoms with Gasteiger partial charge >= 0.3 is 0 Å². The van der Waals surface area contributed by atoms with Crippen molar-refractivity contribution in [1.29, 1.82) is 0 Å². The fourth-order valence-corrected chi connectivity index (χ4v) is 5.90. The highest BCUT2D eigenvalue weighted by atomic mass is 16.3. The molecule has 0 saturated carbocycles. The predicted molar refractivity (Wildman–Crippen MR) is 202 cm³/mol. The monoisotopic (exact) mass is 628 g/mol. The van der Waals surface area contributed by atoms with Crippen LogP contribution in [0.1, 0.15) is 20.6 Å². The van der Waals surface area contributed by atoms with Crippen LogP contribution in [0, 0.1) is 0 Å². The fourth-order valence-electron chi connectivity index (χ4n) is 5.90. The summed E-state index contributed by atoms with van der Waals surface area (Å²) < 4.78 is 141. The van der Waals surface area contributed by atoms with Crippen LogP contribution in [-0.2, 0) is 0 Å². The number of benzene rings is 8. The molecule has 0 amide bonds. The molecule has 0 aliphatic carbocycles. The van der Waals surface area contributed by atoms with Crippen LogP contribution in [0.4, 0.5) is 17.1 Å². The molecule has 226 valence electrons. The lowest BCUT2D eigenvalue weighted by molar-refractivity contribution is 0.669. The normalized spacial score (nSPS) is 15.7. The first kappa shape index (κ1) is 16.4. The van der Waals surface area contributed by atoms with E-state index in [9.17, 15) is 6.85 Å². The summed E-state index contributed by atoms with van der Waals surface area (Å²) in [6.07, 6.45) is 0. The van der Waals surface area contributed by atoms with Gasteiger partial charge in [-0.25, -0.2) is 0 Å². The van der Waals surface area contributed by atoms with Gasteiger partial charge in [0.2, 0.25) is 0 Å². The van der Waals surface area contributed by atoms with E-state index in [0.717, 1.165) is 16.5 Å². The maximum absolute atomic E-state index is 9.60. The number of hydrogen-bond acceptors (Lipinski definition) is 2. The first-order valence-corrected chi connectivity index (χ1v) is 15.1. The van der Waals surface area contributed by atoms with Crippen molar-refractivity contribution < 1.29 is 25.0 Å². The summed E-state index contributed by atoms with van der Waals surface area (Å²) in [5.41, 5.74) is 1.37. The largest absolute Gasteiger partial charge is 0.456 e. The van der Waals surface area contributed by atoms with E-state index in [2.05, 4.69) is 0 Å². The van der Waals surface area contributed by atoms with Gasteiger partial charge in [0.05, 0.1) is 31.6 Å². The third-order valence-corrected chi connectivity index (χ3v) is 8.13. The highest BCUT2D eigenvalue weighted by Gasteiger charge is 2.19. The standard InChI is InChI=1S/C46H31NO/c1-3-11-32(12-4-1)33-23-27-38(28-24-33)47(43-18-10-20-45-46(43)41-16-7-8-19-44(41)48-45)39-29-25-34(26-30-39)37-22-21-36-15-9-17-40(42(36)31-37)35-13-5-2-6-14-35/h1-31H/i2D,5D,6D,9D,13D,14D,15D,17D,21D,22D,25D,26D,29D,30D,31D. The molecule has 9 rings (SSSR count). The first-order valence-electron chi connectivity index (χ1n) is 22.6. The second kappa shape index (κ2) is 11.8. The highest BCUT2D eigenvalue weighted by molar-refractivity contribution is 6.13. The van der Waals surface area contributed by atoms with Gasteiger partial charge in [-0.3, -0.25) is 0 Å². The molecule has 0 radical (unpaired) electrons. The first-order chi connectivity index (χ1) is 30.1. The van der Waals surface area contributed by atoms with Gasteiger partial charge in [-0.1, -0.05) is 139 Å². The average molecular weight is 629 g/mol. The number of rotatable bonds is 6. The minimum atomic E-state index is -0.785. The van der Waals surface area contributed by atoms with Crippen molar-refractivity contribution in [2.24, 2.45) is 0 Å². The van der Waals surface area contributed by atoms with Crippen LogP contribution in [0.15, 0.2) is 192 Å². The lowest BCUT2D eigenvalue weighted by atomic mass is 9.95. The Morgan fingerprint density at radius 2 is 1.17 bits per heavy atom. The molecular weight excluding hydrogens is 583 g/mol. The minimum Gasteiger partial charge on any atom is -0.456 e. The molecule has 2 heteroatoms. The quantitative estimate of drug-likeness (QED) is 0.182. The molecule has 0 unspecified atom stereocenters. The Labute approximate surface area is 300 Å². The van der Waals surface area contributed by atoms with Crippen LogP contribution in [0.3, 0.4) is 0 Å². The smallest absolute Gasteiger partial charge is 0.137 e. The van der Waals surface area contributed by atoms with Crippen LogP contribution in [0.2, 0.25) is 0 Å². The summed E-state index contributed by atoms with van der Waals surface area (Å²) in [5, 5.41) is 0.373. The van der Waals surface area contributed by atoms with E-state index in [-0.39, 0.29) is 5.69 Å². The molecule has 1 aromatic heterocycles. The van der Waals surface area contributed by atoms with Crippen molar-refractivity contribution in [3.05, 3.63) is 188 Å². The summed E-state index contributed by atoms with van der Waals surface area (Å²) in [5.74, 6) is 0. The molecule has 8 aromatic carbocycles. The molecule has 9 aromatic rings. The molecule has 0 aliphatic heterocycles. The topological polar surface area (TPSA) is 16.4 Å². The lowest BCUT2D eigenvalue weighted by Crippen LogP contribution is -2.10. The summed E-state index contributed by atoms with van der Waals surface area (Å²) in [6, 6.07) is 18.6. The molecule has 0 fully saturated rings. The zero-order chi connectivity index (χ0) is 44.9. The predicted octanol–water partition coefficient (Wildman–Crippen LogP) is 13.2. The van der Waals surface area contributed by atoms with Gasteiger partial charge in [0.15, 0.2) is 0 Å². The van der Waals surface area contributed by atoms with E-state index in [1.807, 2.05) is 66.7 Å². The van der Waals surface area contributed by atoms with Gasteiger partial charge in [0, 0.05) is 16.8 Å². The molecule has 48 heavy (non-hydrogen) atoms. The van der Waals surface area contributed by atoms with Crippen molar-refractivity contribution in [1.82, 2.24) is 0 Å². The molecule has 0 saturated heterocycles.